The summed E-state index contributed by atoms with van der Waals surface area (Å²) >= 11 is 12.6. The molecule has 4 aromatic heterocycles. The monoisotopic (exact) mass is 522 g/mol. The van der Waals surface area contributed by atoms with Gasteiger partial charge in [0, 0.05) is 22.3 Å². The summed E-state index contributed by atoms with van der Waals surface area (Å²) < 4.78 is 8.68. The van der Waals surface area contributed by atoms with Gasteiger partial charge in [0.2, 0.25) is 0 Å². The molecule has 1 atom stereocenters. The number of H-pyrrole nitrogens is 1. The van der Waals surface area contributed by atoms with Crippen molar-refractivity contribution < 1.29 is 9.21 Å². The predicted octanol–water partition coefficient (Wildman–Crippen LogP) is 3.42. The molecule has 5 heterocycles. The fourth-order valence-electron chi connectivity index (χ4n) is 4.52. The van der Waals surface area contributed by atoms with Gasteiger partial charge in [-0.05, 0) is 65.2 Å². The number of rotatable bonds is 5. The normalized spacial score (nSPS) is 14.8. The van der Waals surface area contributed by atoms with E-state index < -0.39 is 5.91 Å². The molecule has 0 unspecified atom stereocenters. The summed E-state index contributed by atoms with van der Waals surface area (Å²) in [4.78, 5) is 32.3. The number of nitrogens with one attached hydrogen (secondary N) is 1. The van der Waals surface area contributed by atoms with E-state index in [9.17, 15) is 9.59 Å². The van der Waals surface area contributed by atoms with Gasteiger partial charge in [0.15, 0.2) is 16.7 Å². The maximum Gasteiger partial charge on any atom is 0.284 e. The quantitative estimate of drug-likeness (QED) is 0.358. The number of fused-ring (bicyclic) bond motifs is 1. The number of imidazole rings is 1. The van der Waals surface area contributed by atoms with Gasteiger partial charge in [-0.25, -0.2) is 4.98 Å². The molecule has 0 bridgehead atoms. The summed E-state index contributed by atoms with van der Waals surface area (Å²) in [5.74, 6) is 0.156. The summed E-state index contributed by atoms with van der Waals surface area (Å²) in [5.41, 5.74) is 8.44. The van der Waals surface area contributed by atoms with Crippen molar-refractivity contribution in [1.82, 2.24) is 34.7 Å². The third-order valence-corrected chi connectivity index (χ3v) is 6.60. The average Bonchev–Trinajstić information content (AvgIpc) is 3.64. The summed E-state index contributed by atoms with van der Waals surface area (Å²) in [7, 11) is 0. The molecule has 5 aromatic rings. The van der Waals surface area contributed by atoms with Crippen molar-refractivity contribution in [2.24, 2.45) is 5.73 Å². The summed E-state index contributed by atoms with van der Waals surface area (Å²) in [6.07, 6.45) is 2.77. The molecule has 0 saturated heterocycles. The number of furan rings is 1. The molecular weight excluding hydrogens is 507 g/mol. The third kappa shape index (κ3) is 3.69. The Balaban J connectivity index is 1.39. The number of aryl methyl sites for hydroxylation is 1. The lowest BCUT2D eigenvalue weighted by molar-refractivity contribution is 0.0974. The van der Waals surface area contributed by atoms with E-state index in [1.54, 1.807) is 34.9 Å². The lowest BCUT2D eigenvalue weighted by Crippen LogP contribution is -2.24. The van der Waals surface area contributed by atoms with Gasteiger partial charge in [-0.3, -0.25) is 9.59 Å². The molecular formula is C23H16Cl2N8O3. The zero-order chi connectivity index (χ0) is 25.0. The Morgan fingerprint density at radius 3 is 2.78 bits per heavy atom. The number of aromatic nitrogens is 7. The standard InChI is InChI=1S/C23H16Cl2N8O3/c24-12-1-3-15(32-10-27-30-31-32)14(9-12)11-7-13-2-4-16(33(13)19(34)8-11)23-28-20(21(25)29-23)17-5-6-18(36-17)22(26)35/h1,3,5-10,16H,2,4H2,(H2,26,35)(H,28,29)/t16-/m0/s1. The maximum atomic E-state index is 13.4. The fraction of sp³-hybridized carbons (Fsp3) is 0.130. The summed E-state index contributed by atoms with van der Waals surface area (Å²) in [5, 5.41) is 12.1. The van der Waals surface area contributed by atoms with E-state index in [-0.39, 0.29) is 22.5 Å². The van der Waals surface area contributed by atoms with Crippen LogP contribution < -0.4 is 11.3 Å². The minimum Gasteiger partial charge on any atom is -0.449 e. The molecule has 0 spiro atoms. The van der Waals surface area contributed by atoms with E-state index in [0.717, 1.165) is 11.3 Å². The van der Waals surface area contributed by atoms with Gasteiger partial charge in [-0.1, -0.05) is 23.2 Å². The number of carbonyl (C=O) groups is 1. The van der Waals surface area contributed by atoms with Crippen molar-refractivity contribution >= 4 is 29.1 Å². The van der Waals surface area contributed by atoms with Crippen molar-refractivity contribution in [2.45, 2.75) is 18.9 Å². The van der Waals surface area contributed by atoms with Gasteiger partial charge >= 0.3 is 0 Å². The van der Waals surface area contributed by atoms with Crippen LogP contribution in [0.1, 0.15) is 34.5 Å². The number of amides is 1. The number of hydrogen-bond donors (Lipinski definition) is 2. The van der Waals surface area contributed by atoms with Crippen LogP contribution in [0.25, 0.3) is 28.3 Å². The van der Waals surface area contributed by atoms with Gasteiger partial charge in [0.05, 0.1) is 11.7 Å². The molecule has 36 heavy (non-hydrogen) atoms. The number of carbonyl (C=O) groups excluding carboxylic acids is 1. The summed E-state index contributed by atoms with van der Waals surface area (Å²) in [6, 6.07) is 11.5. The van der Waals surface area contributed by atoms with Crippen LogP contribution in [-0.2, 0) is 6.42 Å². The van der Waals surface area contributed by atoms with Gasteiger partial charge in [-0.2, -0.15) is 4.68 Å². The van der Waals surface area contributed by atoms with E-state index in [4.69, 9.17) is 33.4 Å². The number of benzene rings is 1. The molecule has 1 aliphatic rings. The van der Waals surface area contributed by atoms with E-state index in [1.807, 2.05) is 6.07 Å². The molecule has 13 heteroatoms. The number of halogens is 2. The lowest BCUT2D eigenvalue weighted by Gasteiger charge is -2.15. The Kier molecular flexibility index (Phi) is 5.23. The van der Waals surface area contributed by atoms with Crippen LogP contribution in [0.5, 0.6) is 0 Å². The smallest absolute Gasteiger partial charge is 0.284 e. The second kappa shape index (κ2) is 8.47. The molecule has 1 amide bonds. The minimum atomic E-state index is -0.688. The summed E-state index contributed by atoms with van der Waals surface area (Å²) in [6.45, 7) is 0. The van der Waals surface area contributed by atoms with E-state index >= 15 is 0 Å². The van der Waals surface area contributed by atoms with Crippen molar-refractivity contribution in [1.29, 1.82) is 0 Å². The topological polar surface area (TPSA) is 151 Å². The second-order valence-electron chi connectivity index (χ2n) is 8.23. The highest BCUT2D eigenvalue weighted by molar-refractivity contribution is 6.32. The number of primary amides is 1. The molecule has 0 radical (unpaired) electrons. The van der Waals surface area contributed by atoms with Crippen LogP contribution in [0.3, 0.4) is 0 Å². The average molecular weight is 523 g/mol. The molecule has 11 nitrogen and oxygen atoms in total. The Bertz CT molecular complexity index is 1690. The van der Waals surface area contributed by atoms with Crippen molar-refractivity contribution in [3.8, 4) is 28.3 Å². The SMILES string of the molecule is NC(=O)c1ccc(-c2[nH]c([C@@H]3CCc4cc(-c5cc(Cl)ccc5-n5cnnn5)cc(=O)n43)nc2Cl)o1. The van der Waals surface area contributed by atoms with Crippen molar-refractivity contribution in [2.75, 3.05) is 0 Å². The van der Waals surface area contributed by atoms with Crippen LogP contribution in [-0.4, -0.2) is 40.6 Å². The highest BCUT2D eigenvalue weighted by atomic mass is 35.5. The van der Waals surface area contributed by atoms with Crippen LogP contribution >= 0.6 is 23.2 Å². The van der Waals surface area contributed by atoms with Crippen molar-refractivity contribution in [3.63, 3.8) is 0 Å². The van der Waals surface area contributed by atoms with Crippen LogP contribution in [0.4, 0.5) is 0 Å². The highest BCUT2D eigenvalue weighted by Crippen LogP contribution is 2.36. The molecule has 0 fully saturated rings. The van der Waals surface area contributed by atoms with E-state index in [0.29, 0.717) is 46.4 Å². The van der Waals surface area contributed by atoms with Crippen LogP contribution in [0.2, 0.25) is 10.2 Å². The molecule has 180 valence electrons. The lowest BCUT2D eigenvalue weighted by atomic mass is 10.0. The Morgan fingerprint density at radius 2 is 2.03 bits per heavy atom. The first-order chi connectivity index (χ1) is 17.4. The zero-order valence-corrected chi connectivity index (χ0v) is 19.9. The first kappa shape index (κ1) is 22.3. The Labute approximate surface area is 212 Å². The molecule has 1 aromatic carbocycles. The number of nitrogens with zero attached hydrogens (tertiary/aromatic N) is 6. The van der Waals surface area contributed by atoms with Crippen LogP contribution in [0.15, 0.2) is 58.0 Å². The van der Waals surface area contributed by atoms with Gasteiger partial charge in [0.1, 0.15) is 17.8 Å². The van der Waals surface area contributed by atoms with Gasteiger partial charge in [-0.15, -0.1) is 5.10 Å². The Morgan fingerprint density at radius 1 is 1.17 bits per heavy atom. The van der Waals surface area contributed by atoms with E-state index in [2.05, 4.69) is 25.5 Å². The molecule has 6 rings (SSSR count). The largest absolute Gasteiger partial charge is 0.449 e. The number of aromatic amines is 1. The third-order valence-electron chi connectivity index (χ3n) is 6.09. The zero-order valence-electron chi connectivity index (χ0n) is 18.4. The van der Waals surface area contributed by atoms with E-state index in [1.165, 1.54) is 17.1 Å². The number of tetrazole rings is 1. The maximum absolute atomic E-state index is 13.4. The minimum absolute atomic E-state index is 0.00855. The van der Waals surface area contributed by atoms with Gasteiger partial charge < -0.3 is 19.7 Å². The number of pyridine rings is 1. The first-order valence-corrected chi connectivity index (χ1v) is 11.6. The molecule has 0 saturated carbocycles. The number of nitrogens with two attached hydrogens (primary N) is 1. The highest BCUT2D eigenvalue weighted by Gasteiger charge is 2.29. The fourth-order valence-corrected chi connectivity index (χ4v) is 4.92. The molecule has 3 N–H and O–H groups in total. The molecule has 0 aliphatic carbocycles. The molecule has 1 aliphatic heterocycles. The predicted molar refractivity (Wildman–Crippen MR) is 130 cm³/mol. The second-order valence-corrected chi connectivity index (χ2v) is 9.02. The van der Waals surface area contributed by atoms with Crippen LogP contribution in [0, 0.1) is 0 Å². The van der Waals surface area contributed by atoms with Crippen molar-refractivity contribution in [3.05, 3.63) is 86.6 Å². The number of hydrogen-bond acceptors (Lipinski definition) is 7. The Hall–Kier alpha value is -4.22. The first-order valence-electron chi connectivity index (χ1n) is 10.8. The van der Waals surface area contributed by atoms with Gasteiger partial charge in [0.25, 0.3) is 11.5 Å².